The molecule has 3 rings (SSSR count). The Labute approximate surface area is 152 Å². The van der Waals surface area contributed by atoms with Crippen LogP contribution in [0.25, 0.3) is 22.2 Å². The summed E-state index contributed by atoms with van der Waals surface area (Å²) in [5.41, 5.74) is 14.8. The van der Waals surface area contributed by atoms with Crippen molar-refractivity contribution in [2.24, 2.45) is 21.7 Å². The monoisotopic (exact) mass is 403 g/mol. The van der Waals surface area contributed by atoms with E-state index in [2.05, 4.69) is 31.1 Å². The predicted molar refractivity (Wildman–Crippen MR) is 104 cm³/mol. The molecule has 5 nitrogen and oxygen atoms in total. The number of aromatic nitrogens is 1. The lowest BCUT2D eigenvalue weighted by Gasteiger charge is -2.03. The molecule has 122 valence electrons. The molecule has 0 fully saturated rings. The second-order valence-electron chi connectivity index (χ2n) is 5.20. The Morgan fingerprint density at radius 3 is 2.62 bits per heavy atom. The molecule has 2 aromatic carbocycles. The average molecular weight is 405 g/mol. The SMILES string of the molecule is NC(N)=NN=CCc1c(-c2ccc(Br)cc2)[nH]c2ccc(Cl)cc12. The van der Waals surface area contributed by atoms with Crippen molar-refractivity contribution in [3.05, 3.63) is 57.5 Å². The maximum Gasteiger partial charge on any atom is 0.211 e. The van der Waals surface area contributed by atoms with Gasteiger partial charge in [0.25, 0.3) is 0 Å². The van der Waals surface area contributed by atoms with E-state index < -0.39 is 0 Å². The fourth-order valence-corrected chi connectivity index (χ4v) is 2.97. The lowest BCUT2D eigenvalue weighted by atomic mass is 10.0. The van der Waals surface area contributed by atoms with E-state index in [1.807, 2.05) is 42.5 Å². The van der Waals surface area contributed by atoms with Gasteiger partial charge in [-0.1, -0.05) is 39.7 Å². The van der Waals surface area contributed by atoms with E-state index in [1.165, 1.54) is 0 Å². The van der Waals surface area contributed by atoms with E-state index in [4.69, 9.17) is 23.1 Å². The number of nitrogens with two attached hydrogens (primary N) is 2. The summed E-state index contributed by atoms with van der Waals surface area (Å²) in [5, 5.41) is 9.26. The number of fused-ring (bicyclic) bond motifs is 1. The second-order valence-corrected chi connectivity index (χ2v) is 6.55. The summed E-state index contributed by atoms with van der Waals surface area (Å²) in [6, 6.07) is 13.9. The molecular weight excluding hydrogens is 390 g/mol. The molecule has 0 aliphatic rings. The minimum atomic E-state index is -0.0682. The molecule has 0 bridgehead atoms. The molecule has 1 heterocycles. The number of benzene rings is 2. The van der Waals surface area contributed by atoms with Crippen molar-refractivity contribution in [1.29, 1.82) is 0 Å². The molecule has 7 heteroatoms. The normalized spacial score (nSPS) is 11.2. The summed E-state index contributed by atoms with van der Waals surface area (Å²) in [7, 11) is 0. The number of hydrogen-bond donors (Lipinski definition) is 3. The lowest BCUT2D eigenvalue weighted by molar-refractivity contribution is 1.19. The first-order valence-corrected chi connectivity index (χ1v) is 8.38. The standard InChI is InChI=1S/C17H15BrClN5/c18-11-3-1-10(2-4-11)16-13(7-8-22-24-17(20)21)14-9-12(19)5-6-15(14)23-16/h1-6,8-9,23H,7H2,(H4,20,21,24). The number of aromatic amines is 1. The first kappa shape index (κ1) is 16.5. The summed E-state index contributed by atoms with van der Waals surface area (Å²) >= 11 is 9.62. The molecule has 0 saturated carbocycles. The fourth-order valence-electron chi connectivity index (χ4n) is 2.53. The van der Waals surface area contributed by atoms with Crippen LogP contribution < -0.4 is 11.5 Å². The van der Waals surface area contributed by atoms with Crippen LogP contribution in [0, 0.1) is 0 Å². The van der Waals surface area contributed by atoms with Crippen LogP contribution in [0.5, 0.6) is 0 Å². The van der Waals surface area contributed by atoms with Gasteiger partial charge >= 0.3 is 0 Å². The van der Waals surface area contributed by atoms with Gasteiger partial charge in [0.15, 0.2) is 0 Å². The minimum Gasteiger partial charge on any atom is -0.369 e. The van der Waals surface area contributed by atoms with Crippen molar-refractivity contribution >= 4 is 50.6 Å². The molecule has 0 spiro atoms. The molecule has 0 aliphatic carbocycles. The van der Waals surface area contributed by atoms with Crippen LogP contribution in [0.15, 0.2) is 57.1 Å². The topological polar surface area (TPSA) is 92.6 Å². The van der Waals surface area contributed by atoms with Crippen LogP contribution in [-0.4, -0.2) is 17.2 Å². The maximum atomic E-state index is 6.16. The molecule has 3 aromatic rings. The zero-order valence-electron chi connectivity index (χ0n) is 12.6. The van der Waals surface area contributed by atoms with Crippen LogP contribution in [-0.2, 0) is 6.42 Å². The third-order valence-corrected chi connectivity index (χ3v) is 4.32. The van der Waals surface area contributed by atoms with Gasteiger partial charge in [-0.15, -0.1) is 5.10 Å². The zero-order chi connectivity index (χ0) is 17.1. The molecule has 0 amide bonds. The number of hydrogen-bond acceptors (Lipinski definition) is 2. The van der Waals surface area contributed by atoms with Gasteiger partial charge in [0.2, 0.25) is 5.96 Å². The number of nitrogens with one attached hydrogen (secondary N) is 1. The van der Waals surface area contributed by atoms with Gasteiger partial charge in [0.05, 0.1) is 5.69 Å². The smallest absolute Gasteiger partial charge is 0.211 e. The second kappa shape index (κ2) is 7.07. The van der Waals surface area contributed by atoms with E-state index in [9.17, 15) is 0 Å². The molecular formula is C17H15BrClN5. The van der Waals surface area contributed by atoms with E-state index in [1.54, 1.807) is 6.21 Å². The average Bonchev–Trinajstić information content (AvgIpc) is 2.90. The van der Waals surface area contributed by atoms with Gasteiger partial charge in [-0.3, -0.25) is 0 Å². The van der Waals surface area contributed by atoms with Crippen LogP contribution in [0.3, 0.4) is 0 Å². The Hall–Kier alpha value is -2.31. The van der Waals surface area contributed by atoms with E-state index in [0.717, 1.165) is 32.2 Å². The number of nitrogens with zero attached hydrogens (tertiary/aromatic N) is 2. The Morgan fingerprint density at radius 2 is 1.92 bits per heavy atom. The lowest BCUT2D eigenvalue weighted by Crippen LogP contribution is -2.21. The highest BCUT2D eigenvalue weighted by Gasteiger charge is 2.13. The summed E-state index contributed by atoms with van der Waals surface area (Å²) in [6.07, 6.45) is 2.24. The Bertz CT molecular complexity index is 924. The Kier molecular flexibility index (Phi) is 4.87. The Balaban J connectivity index is 2.10. The Morgan fingerprint density at radius 1 is 1.17 bits per heavy atom. The van der Waals surface area contributed by atoms with E-state index in [-0.39, 0.29) is 5.96 Å². The first-order valence-electron chi connectivity index (χ1n) is 7.21. The van der Waals surface area contributed by atoms with Crippen molar-refractivity contribution in [1.82, 2.24) is 4.98 Å². The number of halogens is 2. The summed E-state index contributed by atoms with van der Waals surface area (Å²) in [4.78, 5) is 3.46. The van der Waals surface area contributed by atoms with Gasteiger partial charge in [-0.25, -0.2) is 0 Å². The first-order chi connectivity index (χ1) is 11.5. The summed E-state index contributed by atoms with van der Waals surface area (Å²) < 4.78 is 1.03. The molecule has 5 N–H and O–H groups in total. The highest BCUT2D eigenvalue weighted by atomic mass is 79.9. The maximum absolute atomic E-state index is 6.16. The van der Waals surface area contributed by atoms with Crippen molar-refractivity contribution in [3.63, 3.8) is 0 Å². The van der Waals surface area contributed by atoms with Crippen molar-refractivity contribution < 1.29 is 0 Å². The van der Waals surface area contributed by atoms with Gasteiger partial charge in [0.1, 0.15) is 0 Å². The third-order valence-electron chi connectivity index (χ3n) is 3.55. The minimum absolute atomic E-state index is 0.0682. The highest BCUT2D eigenvalue weighted by Crippen LogP contribution is 2.32. The fraction of sp³-hybridized carbons (Fsp3) is 0.0588. The molecule has 0 radical (unpaired) electrons. The highest BCUT2D eigenvalue weighted by molar-refractivity contribution is 9.10. The van der Waals surface area contributed by atoms with Crippen LogP contribution in [0.1, 0.15) is 5.56 Å². The molecule has 24 heavy (non-hydrogen) atoms. The van der Waals surface area contributed by atoms with Gasteiger partial charge in [0, 0.05) is 33.0 Å². The molecule has 1 aromatic heterocycles. The van der Waals surface area contributed by atoms with Crippen molar-refractivity contribution in [3.8, 4) is 11.3 Å². The van der Waals surface area contributed by atoms with E-state index >= 15 is 0 Å². The van der Waals surface area contributed by atoms with Crippen molar-refractivity contribution in [2.45, 2.75) is 6.42 Å². The van der Waals surface area contributed by atoms with Crippen molar-refractivity contribution in [2.75, 3.05) is 0 Å². The summed E-state index contributed by atoms with van der Waals surface area (Å²) in [5.74, 6) is -0.0682. The molecule has 0 atom stereocenters. The van der Waals surface area contributed by atoms with E-state index in [0.29, 0.717) is 11.4 Å². The molecule has 0 saturated heterocycles. The van der Waals surface area contributed by atoms with Gasteiger partial charge < -0.3 is 16.5 Å². The zero-order valence-corrected chi connectivity index (χ0v) is 15.0. The summed E-state index contributed by atoms with van der Waals surface area (Å²) in [6.45, 7) is 0. The van der Waals surface area contributed by atoms with Gasteiger partial charge in [-0.2, -0.15) is 5.10 Å². The van der Waals surface area contributed by atoms with Crippen LogP contribution >= 0.6 is 27.5 Å². The number of H-pyrrole nitrogens is 1. The molecule has 0 aliphatic heterocycles. The van der Waals surface area contributed by atoms with Gasteiger partial charge in [-0.05, 0) is 41.5 Å². The quantitative estimate of drug-likeness (QED) is 0.348. The number of guanidine groups is 1. The van der Waals surface area contributed by atoms with Crippen LogP contribution in [0.4, 0.5) is 0 Å². The third kappa shape index (κ3) is 3.60. The largest absolute Gasteiger partial charge is 0.369 e. The van der Waals surface area contributed by atoms with Crippen LogP contribution in [0.2, 0.25) is 5.02 Å². The molecule has 0 unspecified atom stereocenters. The predicted octanol–water partition coefficient (Wildman–Crippen LogP) is 4.05. The number of rotatable bonds is 4.